The van der Waals surface area contributed by atoms with E-state index in [1.165, 1.54) is 32.1 Å². The third-order valence-corrected chi connectivity index (χ3v) is 4.64. The molecule has 1 saturated carbocycles. The van der Waals surface area contributed by atoms with Crippen LogP contribution in [0.2, 0.25) is 0 Å². The Kier molecular flexibility index (Phi) is 3.36. The predicted molar refractivity (Wildman–Crippen MR) is 60.7 cm³/mol. The van der Waals surface area contributed by atoms with Gasteiger partial charge in [0.25, 0.3) is 0 Å². The van der Waals surface area contributed by atoms with Crippen molar-refractivity contribution >= 4 is 0 Å². The van der Waals surface area contributed by atoms with Gasteiger partial charge in [-0.1, -0.05) is 26.2 Å². The molecular formula is C13H24O2. The van der Waals surface area contributed by atoms with Gasteiger partial charge < -0.3 is 9.84 Å². The molecule has 1 N–H and O–H groups in total. The summed E-state index contributed by atoms with van der Waals surface area (Å²) < 4.78 is 5.54. The van der Waals surface area contributed by atoms with Gasteiger partial charge in [-0.2, -0.15) is 0 Å². The lowest BCUT2D eigenvalue weighted by Gasteiger charge is -2.40. The van der Waals surface area contributed by atoms with Gasteiger partial charge in [-0.3, -0.25) is 0 Å². The Hall–Kier alpha value is -0.0800. The molecule has 0 radical (unpaired) electrons. The Morgan fingerprint density at radius 1 is 1.40 bits per heavy atom. The molecule has 1 saturated heterocycles. The zero-order chi connectivity index (χ0) is 10.9. The summed E-state index contributed by atoms with van der Waals surface area (Å²) >= 11 is 0. The third kappa shape index (κ3) is 2.07. The smallest absolute Gasteiger partial charge is 0.0955 e. The van der Waals surface area contributed by atoms with Crippen LogP contribution in [0.3, 0.4) is 0 Å². The maximum Gasteiger partial charge on any atom is 0.0955 e. The van der Waals surface area contributed by atoms with E-state index in [0.717, 1.165) is 18.9 Å². The van der Waals surface area contributed by atoms with Crippen molar-refractivity contribution in [2.45, 2.75) is 64.1 Å². The summed E-state index contributed by atoms with van der Waals surface area (Å²) in [5, 5.41) is 10.7. The van der Waals surface area contributed by atoms with E-state index in [0.29, 0.717) is 5.92 Å². The summed E-state index contributed by atoms with van der Waals surface area (Å²) in [4.78, 5) is 0. The second-order valence-electron chi connectivity index (χ2n) is 5.39. The summed E-state index contributed by atoms with van der Waals surface area (Å²) in [6.07, 6.45) is 7.20. The van der Waals surface area contributed by atoms with Crippen LogP contribution in [0.1, 0.15) is 52.4 Å². The standard InChI is InChI=1S/C13H24O2/c1-3-11-5-4-6-12(9-11)13(14)7-8-15-10(13)2/h10-12,14H,3-9H2,1-2H3. The minimum atomic E-state index is -0.520. The molecule has 0 aromatic heterocycles. The van der Waals surface area contributed by atoms with Crippen molar-refractivity contribution in [1.82, 2.24) is 0 Å². The number of hydrogen-bond acceptors (Lipinski definition) is 2. The molecule has 1 aliphatic carbocycles. The maximum absolute atomic E-state index is 10.7. The number of ether oxygens (including phenoxy) is 1. The van der Waals surface area contributed by atoms with Gasteiger partial charge in [-0.25, -0.2) is 0 Å². The molecule has 2 aliphatic rings. The van der Waals surface area contributed by atoms with Gasteiger partial charge >= 0.3 is 0 Å². The molecule has 2 nitrogen and oxygen atoms in total. The first-order chi connectivity index (χ1) is 7.16. The first-order valence-electron chi connectivity index (χ1n) is 6.50. The first kappa shape index (κ1) is 11.4. The quantitative estimate of drug-likeness (QED) is 0.762. The minimum absolute atomic E-state index is 0.0399. The van der Waals surface area contributed by atoms with Crippen LogP contribution in [0.4, 0.5) is 0 Å². The molecule has 1 heterocycles. The van der Waals surface area contributed by atoms with Crippen molar-refractivity contribution in [2.75, 3.05) is 6.61 Å². The lowest BCUT2D eigenvalue weighted by molar-refractivity contribution is -0.0845. The van der Waals surface area contributed by atoms with Crippen LogP contribution in [-0.2, 0) is 4.74 Å². The van der Waals surface area contributed by atoms with Crippen LogP contribution in [0, 0.1) is 11.8 Å². The highest BCUT2D eigenvalue weighted by Gasteiger charge is 2.46. The van der Waals surface area contributed by atoms with Crippen molar-refractivity contribution in [3.05, 3.63) is 0 Å². The van der Waals surface area contributed by atoms with Crippen LogP contribution in [-0.4, -0.2) is 23.4 Å². The van der Waals surface area contributed by atoms with E-state index in [1.54, 1.807) is 0 Å². The SMILES string of the molecule is CCC1CCCC(C2(O)CCOC2C)C1. The normalized spacial score (nSPS) is 47.0. The van der Waals surface area contributed by atoms with Crippen molar-refractivity contribution in [2.24, 2.45) is 11.8 Å². The van der Waals surface area contributed by atoms with Gasteiger partial charge in [-0.05, 0) is 31.6 Å². The molecule has 0 aromatic carbocycles. The molecule has 4 unspecified atom stereocenters. The summed E-state index contributed by atoms with van der Waals surface area (Å²) in [7, 11) is 0. The second kappa shape index (κ2) is 4.42. The van der Waals surface area contributed by atoms with Crippen LogP contribution < -0.4 is 0 Å². The first-order valence-corrected chi connectivity index (χ1v) is 6.50. The Balaban J connectivity index is 2.02. The Labute approximate surface area is 93.0 Å². The number of hydrogen-bond donors (Lipinski definition) is 1. The molecule has 2 heteroatoms. The molecule has 0 aromatic rings. The van der Waals surface area contributed by atoms with E-state index < -0.39 is 5.60 Å². The molecule has 2 rings (SSSR count). The van der Waals surface area contributed by atoms with Crippen LogP contribution in [0.25, 0.3) is 0 Å². The number of aliphatic hydroxyl groups is 1. The van der Waals surface area contributed by atoms with Crippen molar-refractivity contribution in [3.63, 3.8) is 0 Å². The molecule has 2 fully saturated rings. The average Bonchev–Trinajstić information content (AvgIpc) is 2.61. The van der Waals surface area contributed by atoms with Gasteiger partial charge in [0.1, 0.15) is 0 Å². The van der Waals surface area contributed by atoms with Crippen LogP contribution in [0.15, 0.2) is 0 Å². The monoisotopic (exact) mass is 212 g/mol. The Morgan fingerprint density at radius 2 is 2.20 bits per heavy atom. The lowest BCUT2D eigenvalue weighted by atomic mass is 9.70. The van der Waals surface area contributed by atoms with Crippen molar-refractivity contribution in [3.8, 4) is 0 Å². The molecule has 88 valence electrons. The Morgan fingerprint density at radius 3 is 2.80 bits per heavy atom. The molecule has 0 bridgehead atoms. The summed E-state index contributed by atoms with van der Waals surface area (Å²) in [6, 6.07) is 0. The number of rotatable bonds is 2. The van der Waals surface area contributed by atoms with E-state index in [9.17, 15) is 5.11 Å². The van der Waals surface area contributed by atoms with Gasteiger partial charge in [0, 0.05) is 13.0 Å². The maximum atomic E-state index is 10.7. The summed E-state index contributed by atoms with van der Waals surface area (Å²) in [5.41, 5.74) is -0.520. The van der Waals surface area contributed by atoms with Gasteiger partial charge in [0.2, 0.25) is 0 Å². The fourth-order valence-corrected chi connectivity index (χ4v) is 3.40. The lowest BCUT2D eigenvalue weighted by Crippen LogP contribution is -2.45. The van der Waals surface area contributed by atoms with Crippen molar-refractivity contribution in [1.29, 1.82) is 0 Å². The van der Waals surface area contributed by atoms with Crippen LogP contribution in [0.5, 0.6) is 0 Å². The van der Waals surface area contributed by atoms with Gasteiger partial charge in [-0.15, -0.1) is 0 Å². The third-order valence-electron chi connectivity index (χ3n) is 4.64. The highest BCUT2D eigenvalue weighted by Crippen LogP contribution is 2.43. The van der Waals surface area contributed by atoms with E-state index in [4.69, 9.17) is 4.74 Å². The fraction of sp³-hybridized carbons (Fsp3) is 1.00. The fourth-order valence-electron chi connectivity index (χ4n) is 3.40. The second-order valence-corrected chi connectivity index (χ2v) is 5.39. The highest BCUT2D eigenvalue weighted by molar-refractivity contribution is 4.97. The topological polar surface area (TPSA) is 29.5 Å². The van der Waals surface area contributed by atoms with Gasteiger partial charge in [0.05, 0.1) is 11.7 Å². The highest BCUT2D eigenvalue weighted by atomic mass is 16.5. The van der Waals surface area contributed by atoms with Crippen LogP contribution >= 0.6 is 0 Å². The molecule has 1 aliphatic heterocycles. The summed E-state index contributed by atoms with van der Waals surface area (Å²) in [6.45, 7) is 5.04. The molecule has 0 spiro atoms. The van der Waals surface area contributed by atoms with E-state index >= 15 is 0 Å². The molecular weight excluding hydrogens is 188 g/mol. The zero-order valence-electron chi connectivity index (χ0n) is 10.0. The van der Waals surface area contributed by atoms with E-state index in [2.05, 4.69) is 6.92 Å². The van der Waals surface area contributed by atoms with Crippen molar-refractivity contribution < 1.29 is 9.84 Å². The molecule has 15 heavy (non-hydrogen) atoms. The Bertz CT molecular complexity index is 217. The van der Waals surface area contributed by atoms with E-state index in [-0.39, 0.29) is 6.10 Å². The minimum Gasteiger partial charge on any atom is -0.387 e. The molecule has 0 amide bonds. The van der Waals surface area contributed by atoms with Gasteiger partial charge in [0.15, 0.2) is 0 Å². The van der Waals surface area contributed by atoms with E-state index in [1.807, 2.05) is 6.92 Å². The predicted octanol–water partition coefficient (Wildman–Crippen LogP) is 2.74. The molecule has 4 atom stereocenters. The summed E-state index contributed by atoms with van der Waals surface area (Å²) in [5.74, 6) is 1.31. The average molecular weight is 212 g/mol. The largest absolute Gasteiger partial charge is 0.387 e. The zero-order valence-corrected chi connectivity index (χ0v) is 10.0.